The van der Waals surface area contributed by atoms with Crippen LogP contribution in [0.1, 0.15) is 38.5 Å². The fraction of sp³-hybridized carbons (Fsp3) is 0.556. The molecule has 2 aromatic rings. The minimum Gasteiger partial charge on any atom is -0.459 e. The molecule has 0 bridgehead atoms. The summed E-state index contributed by atoms with van der Waals surface area (Å²) in [5, 5.41) is 4.70. The van der Waals surface area contributed by atoms with Crippen LogP contribution in [-0.2, 0) is 13.1 Å². The number of hydrogen-bond acceptors (Lipinski definition) is 3. The third kappa shape index (κ3) is 3.14. The number of furan rings is 1. The number of nitrogens with zero attached hydrogens (tertiary/aromatic N) is 1. The molecule has 1 aromatic carbocycles. The highest BCUT2D eigenvalue weighted by Crippen LogP contribution is 2.32. The number of fused-ring (bicyclic) bond motifs is 1. The minimum atomic E-state index is 0.438. The average molecular weight is 286 g/mol. The molecular weight excluding hydrogens is 260 g/mol. The van der Waals surface area contributed by atoms with Crippen LogP contribution in [0.2, 0.25) is 0 Å². The van der Waals surface area contributed by atoms with E-state index in [1.165, 1.54) is 23.9 Å². The van der Waals surface area contributed by atoms with E-state index in [2.05, 4.69) is 49.2 Å². The topological polar surface area (TPSA) is 28.4 Å². The summed E-state index contributed by atoms with van der Waals surface area (Å²) in [6.45, 7) is 12.0. The Labute approximate surface area is 127 Å². The molecule has 0 radical (unpaired) electrons. The van der Waals surface area contributed by atoms with Gasteiger partial charge in [0.2, 0.25) is 0 Å². The first kappa shape index (κ1) is 14.6. The molecule has 0 amide bonds. The molecule has 1 fully saturated rings. The van der Waals surface area contributed by atoms with Gasteiger partial charge in [-0.25, -0.2) is 0 Å². The van der Waals surface area contributed by atoms with Gasteiger partial charge in [-0.15, -0.1) is 0 Å². The Hall–Kier alpha value is -1.32. The van der Waals surface area contributed by atoms with E-state index in [4.69, 9.17) is 4.42 Å². The van der Waals surface area contributed by atoms with E-state index in [-0.39, 0.29) is 0 Å². The fourth-order valence-corrected chi connectivity index (χ4v) is 3.28. The Morgan fingerprint density at radius 3 is 2.81 bits per heavy atom. The van der Waals surface area contributed by atoms with E-state index >= 15 is 0 Å². The monoisotopic (exact) mass is 286 g/mol. The van der Waals surface area contributed by atoms with Gasteiger partial charge in [0.25, 0.3) is 0 Å². The molecule has 1 aliphatic rings. The van der Waals surface area contributed by atoms with Gasteiger partial charge in [-0.2, -0.15) is 0 Å². The number of para-hydroxylation sites is 1. The van der Waals surface area contributed by atoms with Crippen LogP contribution in [0.5, 0.6) is 0 Å². The second-order valence-electron chi connectivity index (χ2n) is 6.91. The van der Waals surface area contributed by atoms with E-state index < -0.39 is 0 Å². The Bertz CT molecular complexity index is 615. The van der Waals surface area contributed by atoms with Gasteiger partial charge in [-0.3, -0.25) is 4.90 Å². The Balaban J connectivity index is 1.86. The van der Waals surface area contributed by atoms with Gasteiger partial charge in [-0.05, 0) is 31.0 Å². The van der Waals surface area contributed by atoms with Gasteiger partial charge in [0.05, 0.1) is 6.54 Å². The molecule has 0 spiro atoms. The van der Waals surface area contributed by atoms with Crippen molar-refractivity contribution in [3.8, 4) is 0 Å². The van der Waals surface area contributed by atoms with Crippen LogP contribution >= 0.6 is 0 Å². The van der Waals surface area contributed by atoms with Gasteiger partial charge in [0, 0.05) is 24.0 Å². The van der Waals surface area contributed by atoms with Crippen molar-refractivity contribution in [3.63, 3.8) is 0 Å². The highest BCUT2D eigenvalue weighted by molar-refractivity contribution is 5.82. The average Bonchev–Trinajstić information content (AvgIpc) is 2.97. The summed E-state index contributed by atoms with van der Waals surface area (Å²) in [5.41, 5.74) is 2.78. The molecule has 3 heteroatoms. The highest BCUT2D eigenvalue weighted by Gasteiger charge is 2.30. The Morgan fingerprint density at radius 2 is 2.10 bits per heavy atom. The van der Waals surface area contributed by atoms with Crippen molar-refractivity contribution in [2.75, 3.05) is 19.6 Å². The minimum absolute atomic E-state index is 0.438. The quantitative estimate of drug-likeness (QED) is 0.907. The maximum Gasteiger partial charge on any atom is 0.134 e. The van der Waals surface area contributed by atoms with Crippen molar-refractivity contribution in [1.82, 2.24) is 10.2 Å². The summed E-state index contributed by atoms with van der Waals surface area (Å²) in [6, 6.07) is 8.38. The number of likely N-dealkylation sites (tertiary alicyclic amines) is 1. The molecule has 1 aromatic heterocycles. The van der Waals surface area contributed by atoms with Crippen LogP contribution in [0, 0.1) is 5.41 Å². The first-order valence-corrected chi connectivity index (χ1v) is 8.01. The van der Waals surface area contributed by atoms with Gasteiger partial charge in [0.1, 0.15) is 11.3 Å². The van der Waals surface area contributed by atoms with Gasteiger partial charge in [0.15, 0.2) is 0 Å². The van der Waals surface area contributed by atoms with Crippen molar-refractivity contribution in [2.45, 2.75) is 40.3 Å². The SMILES string of the molecule is CCNCc1c(CN2CCC(C)(C)C2)oc2ccccc12. The Morgan fingerprint density at radius 1 is 1.29 bits per heavy atom. The zero-order chi connectivity index (χ0) is 14.9. The van der Waals surface area contributed by atoms with Crippen molar-refractivity contribution in [1.29, 1.82) is 0 Å². The number of nitrogens with one attached hydrogen (secondary N) is 1. The van der Waals surface area contributed by atoms with Crippen LogP contribution < -0.4 is 5.32 Å². The van der Waals surface area contributed by atoms with E-state index in [0.717, 1.165) is 37.5 Å². The first-order chi connectivity index (χ1) is 10.1. The standard InChI is InChI=1S/C18H26N2O/c1-4-19-11-15-14-7-5-6-8-16(14)21-17(15)12-20-10-9-18(2,3)13-20/h5-8,19H,4,9-13H2,1-3H3. The zero-order valence-corrected chi connectivity index (χ0v) is 13.4. The Kier molecular flexibility index (Phi) is 4.05. The second-order valence-corrected chi connectivity index (χ2v) is 6.91. The fourth-order valence-electron chi connectivity index (χ4n) is 3.28. The molecule has 21 heavy (non-hydrogen) atoms. The molecule has 114 valence electrons. The maximum atomic E-state index is 6.14. The van der Waals surface area contributed by atoms with Gasteiger partial charge in [-0.1, -0.05) is 39.0 Å². The van der Waals surface area contributed by atoms with Crippen molar-refractivity contribution in [2.24, 2.45) is 5.41 Å². The van der Waals surface area contributed by atoms with Crippen LogP contribution in [0.15, 0.2) is 28.7 Å². The summed E-state index contributed by atoms with van der Waals surface area (Å²) in [7, 11) is 0. The summed E-state index contributed by atoms with van der Waals surface area (Å²) in [4.78, 5) is 2.52. The van der Waals surface area contributed by atoms with Gasteiger partial charge >= 0.3 is 0 Å². The van der Waals surface area contributed by atoms with E-state index in [0.29, 0.717) is 5.41 Å². The maximum absolute atomic E-state index is 6.14. The molecule has 0 saturated carbocycles. The molecule has 0 atom stereocenters. The summed E-state index contributed by atoms with van der Waals surface area (Å²) in [5.74, 6) is 1.13. The van der Waals surface area contributed by atoms with Gasteiger partial charge < -0.3 is 9.73 Å². The largest absolute Gasteiger partial charge is 0.459 e. The molecule has 3 nitrogen and oxygen atoms in total. The van der Waals surface area contributed by atoms with E-state index in [1.807, 2.05) is 6.07 Å². The lowest BCUT2D eigenvalue weighted by molar-refractivity contribution is 0.264. The summed E-state index contributed by atoms with van der Waals surface area (Å²) < 4.78 is 6.14. The summed E-state index contributed by atoms with van der Waals surface area (Å²) >= 11 is 0. The predicted octanol–water partition coefficient (Wildman–Crippen LogP) is 3.77. The van der Waals surface area contributed by atoms with E-state index in [9.17, 15) is 0 Å². The highest BCUT2D eigenvalue weighted by atomic mass is 16.3. The van der Waals surface area contributed by atoms with Crippen molar-refractivity contribution >= 4 is 11.0 Å². The first-order valence-electron chi connectivity index (χ1n) is 8.01. The lowest BCUT2D eigenvalue weighted by Gasteiger charge is -2.19. The van der Waals surface area contributed by atoms with E-state index in [1.54, 1.807) is 0 Å². The predicted molar refractivity (Wildman–Crippen MR) is 87.3 cm³/mol. The lowest BCUT2D eigenvalue weighted by Crippen LogP contribution is -2.23. The molecule has 2 heterocycles. The van der Waals surface area contributed by atoms with Crippen LogP contribution in [0.4, 0.5) is 0 Å². The summed E-state index contributed by atoms with van der Waals surface area (Å²) in [6.07, 6.45) is 1.27. The molecular formula is C18H26N2O. The van der Waals surface area contributed by atoms with Crippen LogP contribution in [0.25, 0.3) is 11.0 Å². The molecule has 1 aliphatic heterocycles. The molecule has 1 N–H and O–H groups in total. The third-order valence-corrected chi connectivity index (χ3v) is 4.46. The van der Waals surface area contributed by atoms with Crippen LogP contribution in [-0.4, -0.2) is 24.5 Å². The van der Waals surface area contributed by atoms with Crippen molar-refractivity contribution < 1.29 is 4.42 Å². The third-order valence-electron chi connectivity index (χ3n) is 4.46. The zero-order valence-electron chi connectivity index (χ0n) is 13.4. The lowest BCUT2D eigenvalue weighted by atomic mass is 9.93. The number of rotatable bonds is 5. The van der Waals surface area contributed by atoms with Crippen molar-refractivity contribution in [3.05, 3.63) is 35.6 Å². The number of benzene rings is 1. The van der Waals surface area contributed by atoms with Crippen LogP contribution in [0.3, 0.4) is 0 Å². The smallest absolute Gasteiger partial charge is 0.134 e. The molecule has 0 aliphatic carbocycles. The molecule has 3 rings (SSSR count). The molecule has 1 saturated heterocycles. The normalized spacial score (nSPS) is 18.6. The second kappa shape index (κ2) is 5.82. The number of hydrogen-bond donors (Lipinski definition) is 1. The molecule has 0 unspecified atom stereocenters.